The Bertz CT molecular complexity index is 872. The fourth-order valence-corrected chi connectivity index (χ4v) is 2.73. The number of nitrogens with one attached hydrogen (secondary N) is 1. The Kier molecular flexibility index (Phi) is 9.27. The molecule has 0 saturated carbocycles. The molecule has 0 radical (unpaired) electrons. The highest BCUT2D eigenvalue weighted by Crippen LogP contribution is 2.30. The molecule has 31 heavy (non-hydrogen) atoms. The Labute approximate surface area is 181 Å². The molecule has 168 valence electrons. The molecule has 0 amide bonds. The number of aliphatic hydroxyl groups excluding tert-OH is 1. The van der Waals surface area contributed by atoms with Gasteiger partial charge in [-0.3, -0.25) is 4.79 Å². The highest BCUT2D eigenvalue weighted by molar-refractivity contribution is 5.96. The molecule has 0 spiro atoms. The third-order valence-corrected chi connectivity index (χ3v) is 4.27. The van der Waals surface area contributed by atoms with E-state index >= 15 is 4.39 Å². The van der Waals surface area contributed by atoms with Gasteiger partial charge in [-0.2, -0.15) is 0 Å². The predicted octanol–water partition coefficient (Wildman–Crippen LogP) is 4.04. The van der Waals surface area contributed by atoms with Crippen LogP contribution in [0.4, 0.5) is 10.1 Å². The molecule has 0 fully saturated rings. The molecule has 2 aromatic rings. The number of carbonyl (C=O) groups excluding carboxylic acids is 2. The summed E-state index contributed by atoms with van der Waals surface area (Å²) in [6.07, 6.45) is -1.56. The van der Waals surface area contributed by atoms with Gasteiger partial charge >= 0.3 is 11.9 Å². The maximum atomic E-state index is 15.2. The minimum atomic E-state index is -1.18. The van der Waals surface area contributed by atoms with E-state index in [9.17, 15) is 14.7 Å². The van der Waals surface area contributed by atoms with Gasteiger partial charge in [0.15, 0.2) is 17.8 Å². The van der Waals surface area contributed by atoms with Crippen LogP contribution in [0.15, 0.2) is 42.5 Å². The quantitative estimate of drug-likeness (QED) is 0.408. The molecule has 0 unspecified atom stereocenters. The summed E-state index contributed by atoms with van der Waals surface area (Å²) in [6.45, 7) is 4.97. The lowest BCUT2D eigenvalue weighted by Crippen LogP contribution is -2.36. The second-order valence-electron chi connectivity index (χ2n) is 6.84. The highest BCUT2D eigenvalue weighted by Gasteiger charge is 2.26. The number of anilines is 1. The molecule has 0 aliphatic heterocycles. The number of rotatable bonds is 11. The first-order valence-corrected chi connectivity index (χ1v) is 10.2. The normalized spacial score (nSPS) is 12.5. The van der Waals surface area contributed by atoms with Crippen molar-refractivity contribution in [3.8, 4) is 5.75 Å². The van der Waals surface area contributed by atoms with Gasteiger partial charge in [0.1, 0.15) is 18.3 Å². The van der Waals surface area contributed by atoms with E-state index in [0.717, 1.165) is 5.56 Å². The first-order chi connectivity index (χ1) is 14.9. The van der Waals surface area contributed by atoms with Crippen molar-refractivity contribution in [2.75, 3.05) is 11.9 Å². The molecule has 0 bridgehead atoms. The summed E-state index contributed by atoms with van der Waals surface area (Å²) in [5.74, 6) is -2.48. The largest absolute Gasteiger partial charge is 0.486 e. The topological polar surface area (TPSA) is 94.1 Å². The van der Waals surface area contributed by atoms with Crippen molar-refractivity contribution >= 4 is 17.6 Å². The molecular formula is C23H28FNO6. The zero-order valence-corrected chi connectivity index (χ0v) is 17.9. The van der Waals surface area contributed by atoms with E-state index in [1.54, 1.807) is 6.92 Å². The SMILES string of the molecule is CCCC(=O)O[C@@H](Nc1ccc(OCc2ccccc2)c(F)c1C(=O)OCC)[C@@H](C)O. The van der Waals surface area contributed by atoms with Crippen LogP contribution >= 0.6 is 0 Å². The summed E-state index contributed by atoms with van der Waals surface area (Å²) in [7, 11) is 0. The van der Waals surface area contributed by atoms with Crippen LogP contribution in [-0.2, 0) is 20.9 Å². The van der Waals surface area contributed by atoms with Crippen molar-refractivity contribution in [2.45, 2.75) is 52.6 Å². The summed E-state index contributed by atoms with van der Waals surface area (Å²) >= 11 is 0. The lowest BCUT2D eigenvalue weighted by molar-refractivity contribution is -0.152. The van der Waals surface area contributed by atoms with E-state index < -0.39 is 35.7 Å². The second kappa shape index (κ2) is 11.9. The van der Waals surface area contributed by atoms with E-state index in [1.807, 2.05) is 37.3 Å². The minimum Gasteiger partial charge on any atom is -0.486 e. The van der Waals surface area contributed by atoms with E-state index in [2.05, 4.69) is 5.32 Å². The van der Waals surface area contributed by atoms with Crippen molar-refractivity contribution in [1.29, 1.82) is 0 Å². The number of benzene rings is 2. The van der Waals surface area contributed by atoms with Gasteiger partial charge in [-0.25, -0.2) is 9.18 Å². The Morgan fingerprint density at radius 3 is 2.45 bits per heavy atom. The third kappa shape index (κ3) is 6.96. The fraction of sp³-hybridized carbons (Fsp3) is 0.391. The Hall–Kier alpha value is -3.13. The Balaban J connectivity index is 2.31. The highest BCUT2D eigenvalue weighted by atomic mass is 19.1. The monoisotopic (exact) mass is 433 g/mol. The maximum Gasteiger partial charge on any atom is 0.343 e. The van der Waals surface area contributed by atoms with Gasteiger partial charge in [-0.1, -0.05) is 37.3 Å². The summed E-state index contributed by atoms with van der Waals surface area (Å²) in [4.78, 5) is 24.3. The third-order valence-electron chi connectivity index (χ3n) is 4.27. The van der Waals surface area contributed by atoms with Crippen LogP contribution in [0.2, 0.25) is 0 Å². The second-order valence-corrected chi connectivity index (χ2v) is 6.84. The van der Waals surface area contributed by atoms with Crippen LogP contribution in [0.1, 0.15) is 49.5 Å². The molecule has 0 heterocycles. The lowest BCUT2D eigenvalue weighted by Gasteiger charge is -2.24. The molecule has 7 nitrogen and oxygen atoms in total. The molecule has 0 aliphatic carbocycles. The predicted molar refractivity (Wildman–Crippen MR) is 113 cm³/mol. The zero-order chi connectivity index (χ0) is 22.8. The van der Waals surface area contributed by atoms with Gasteiger partial charge in [-0.15, -0.1) is 0 Å². The van der Waals surface area contributed by atoms with Crippen molar-refractivity contribution in [3.05, 3.63) is 59.4 Å². The first kappa shape index (κ1) is 24.1. The van der Waals surface area contributed by atoms with Gasteiger partial charge in [0.05, 0.1) is 12.3 Å². The number of hydrogen-bond acceptors (Lipinski definition) is 7. The first-order valence-electron chi connectivity index (χ1n) is 10.2. The van der Waals surface area contributed by atoms with Crippen LogP contribution in [-0.4, -0.2) is 36.0 Å². The number of ether oxygens (including phenoxy) is 3. The number of carbonyl (C=O) groups is 2. The number of aliphatic hydroxyl groups is 1. The zero-order valence-electron chi connectivity index (χ0n) is 17.9. The van der Waals surface area contributed by atoms with Crippen LogP contribution in [0.3, 0.4) is 0 Å². The fourth-order valence-electron chi connectivity index (χ4n) is 2.73. The molecule has 8 heteroatoms. The number of halogens is 1. The van der Waals surface area contributed by atoms with Crippen LogP contribution in [0.25, 0.3) is 0 Å². The summed E-state index contributed by atoms with van der Waals surface area (Å²) in [5.41, 5.74) is 0.446. The van der Waals surface area contributed by atoms with Crippen molar-refractivity contribution in [3.63, 3.8) is 0 Å². The molecule has 2 atom stereocenters. The van der Waals surface area contributed by atoms with Crippen LogP contribution in [0.5, 0.6) is 5.75 Å². The average molecular weight is 433 g/mol. The number of hydrogen-bond donors (Lipinski definition) is 2. The molecular weight excluding hydrogens is 405 g/mol. The van der Waals surface area contributed by atoms with Crippen LogP contribution in [0, 0.1) is 5.82 Å². The van der Waals surface area contributed by atoms with E-state index in [-0.39, 0.29) is 31.1 Å². The summed E-state index contributed by atoms with van der Waals surface area (Å²) < 4.78 is 31.0. The van der Waals surface area contributed by atoms with Gasteiger partial charge in [0, 0.05) is 6.42 Å². The van der Waals surface area contributed by atoms with Gasteiger partial charge in [0.2, 0.25) is 0 Å². The van der Waals surface area contributed by atoms with E-state index in [0.29, 0.717) is 6.42 Å². The van der Waals surface area contributed by atoms with Crippen LogP contribution < -0.4 is 10.1 Å². The molecule has 0 aliphatic rings. The Morgan fingerprint density at radius 1 is 1.13 bits per heavy atom. The van der Waals surface area contributed by atoms with Gasteiger partial charge in [0.25, 0.3) is 0 Å². The smallest absolute Gasteiger partial charge is 0.343 e. The van der Waals surface area contributed by atoms with Gasteiger partial charge in [-0.05, 0) is 38.0 Å². The van der Waals surface area contributed by atoms with Crippen molar-refractivity contribution in [2.24, 2.45) is 0 Å². The van der Waals surface area contributed by atoms with Crippen molar-refractivity contribution in [1.82, 2.24) is 0 Å². The number of esters is 2. The Morgan fingerprint density at radius 2 is 1.84 bits per heavy atom. The van der Waals surface area contributed by atoms with E-state index in [4.69, 9.17) is 14.2 Å². The maximum absolute atomic E-state index is 15.2. The summed E-state index contributed by atoms with van der Waals surface area (Å²) in [5, 5.41) is 12.7. The molecule has 0 saturated heterocycles. The van der Waals surface area contributed by atoms with Crippen molar-refractivity contribution < 1.29 is 33.3 Å². The van der Waals surface area contributed by atoms with E-state index in [1.165, 1.54) is 19.1 Å². The summed E-state index contributed by atoms with van der Waals surface area (Å²) in [6, 6.07) is 12.0. The minimum absolute atomic E-state index is 0.0122. The lowest BCUT2D eigenvalue weighted by atomic mass is 10.1. The molecule has 2 rings (SSSR count). The standard InChI is InChI=1S/C23H28FNO6/c1-4-9-19(27)31-22(15(3)26)25-17-12-13-18(21(24)20(17)23(28)29-5-2)30-14-16-10-7-6-8-11-16/h6-8,10-13,15,22,25-26H,4-5,9,14H2,1-3H3/t15-,22-/m1/s1. The van der Waals surface area contributed by atoms with Gasteiger partial charge < -0.3 is 24.6 Å². The molecule has 0 aromatic heterocycles. The molecule has 2 N–H and O–H groups in total. The molecule has 2 aromatic carbocycles. The average Bonchev–Trinajstić information content (AvgIpc) is 2.73.